The lowest BCUT2D eigenvalue weighted by Crippen LogP contribution is -2.27. The summed E-state index contributed by atoms with van der Waals surface area (Å²) in [5.41, 5.74) is 4.43. The summed E-state index contributed by atoms with van der Waals surface area (Å²) in [5.74, 6) is 0.505. The van der Waals surface area contributed by atoms with Crippen LogP contribution in [0.2, 0.25) is 0 Å². The van der Waals surface area contributed by atoms with E-state index in [-0.39, 0.29) is 12.1 Å². The van der Waals surface area contributed by atoms with Crippen LogP contribution in [0.5, 0.6) is 0 Å². The summed E-state index contributed by atoms with van der Waals surface area (Å²) in [5, 5.41) is 10.7. The number of nitrogens with one attached hydrogen (secondary N) is 2. The lowest BCUT2D eigenvalue weighted by Gasteiger charge is -2.26. The van der Waals surface area contributed by atoms with Crippen molar-refractivity contribution in [1.82, 2.24) is 25.0 Å². The Morgan fingerprint density at radius 3 is 2.26 bits per heavy atom. The molecule has 3 aromatic rings. The van der Waals surface area contributed by atoms with E-state index >= 15 is 0 Å². The Bertz CT molecular complexity index is 964. The van der Waals surface area contributed by atoms with Gasteiger partial charge < -0.3 is 15.5 Å². The number of anilines is 2. The Labute approximate surface area is 183 Å². The average molecular weight is 419 g/mol. The normalized spacial score (nSPS) is 14.7. The molecule has 162 valence electrons. The molecular formula is C24H30N6O. The number of amides is 2. The van der Waals surface area contributed by atoms with Crippen molar-refractivity contribution in [3.8, 4) is 0 Å². The highest BCUT2D eigenvalue weighted by molar-refractivity contribution is 5.76. The second kappa shape index (κ2) is 9.64. The van der Waals surface area contributed by atoms with Gasteiger partial charge in [0, 0.05) is 31.0 Å². The lowest BCUT2D eigenvalue weighted by atomic mass is 9.89. The van der Waals surface area contributed by atoms with Gasteiger partial charge in [-0.3, -0.25) is 0 Å². The van der Waals surface area contributed by atoms with Crippen molar-refractivity contribution in [1.29, 1.82) is 0 Å². The molecule has 2 aromatic carbocycles. The monoisotopic (exact) mass is 418 g/mol. The maximum Gasteiger partial charge on any atom is 0.317 e. The minimum Gasteiger partial charge on any atom is -0.356 e. The lowest BCUT2D eigenvalue weighted by molar-refractivity contribution is 0.215. The van der Waals surface area contributed by atoms with Crippen molar-refractivity contribution in [2.24, 2.45) is 5.92 Å². The number of benzene rings is 2. The number of rotatable bonds is 9. The van der Waals surface area contributed by atoms with Crippen molar-refractivity contribution >= 4 is 17.4 Å². The molecule has 1 saturated heterocycles. The number of carbonyl (C=O) groups is 1. The first-order chi connectivity index (χ1) is 15.2. The number of aromatic nitrogens is 3. The third-order valence-corrected chi connectivity index (χ3v) is 6.03. The number of carbonyl (C=O) groups excluding carboxylic acids is 1. The molecule has 2 amide bonds. The quantitative estimate of drug-likeness (QED) is 0.534. The van der Waals surface area contributed by atoms with E-state index < -0.39 is 0 Å². The maximum atomic E-state index is 11.7. The number of urea groups is 1. The van der Waals surface area contributed by atoms with Gasteiger partial charge in [-0.15, -0.1) is 0 Å². The van der Waals surface area contributed by atoms with Crippen LogP contribution in [0, 0.1) is 5.92 Å². The summed E-state index contributed by atoms with van der Waals surface area (Å²) >= 11 is 0. The molecule has 1 aliphatic rings. The van der Waals surface area contributed by atoms with E-state index in [0.717, 1.165) is 42.9 Å². The zero-order chi connectivity index (χ0) is 21.6. The summed E-state index contributed by atoms with van der Waals surface area (Å²) in [6, 6.07) is 17.0. The molecule has 1 aromatic heterocycles. The van der Waals surface area contributed by atoms with E-state index in [4.69, 9.17) is 0 Å². The van der Waals surface area contributed by atoms with Crippen molar-refractivity contribution in [2.75, 3.05) is 18.4 Å². The van der Waals surface area contributed by atoms with E-state index in [9.17, 15) is 4.79 Å². The second-order valence-electron chi connectivity index (χ2n) is 7.99. The van der Waals surface area contributed by atoms with Crippen molar-refractivity contribution in [2.45, 2.75) is 39.3 Å². The molecular weight excluding hydrogens is 388 g/mol. The van der Waals surface area contributed by atoms with E-state index in [2.05, 4.69) is 83.1 Å². The Morgan fingerprint density at radius 2 is 1.71 bits per heavy atom. The van der Waals surface area contributed by atoms with E-state index in [1.54, 1.807) is 6.33 Å². The van der Waals surface area contributed by atoms with Gasteiger partial charge in [0.05, 0.1) is 6.04 Å². The predicted molar refractivity (Wildman–Crippen MR) is 122 cm³/mol. The van der Waals surface area contributed by atoms with Crippen LogP contribution >= 0.6 is 0 Å². The molecule has 1 unspecified atom stereocenters. The summed E-state index contributed by atoms with van der Waals surface area (Å²) < 4.78 is 1.97. The van der Waals surface area contributed by atoms with Crippen molar-refractivity contribution in [3.05, 3.63) is 72.3 Å². The maximum absolute atomic E-state index is 11.7. The minimum absolute atomic E-state index is 0.0138. The summed E-state index contributed by atoms with van der Waals surface area (Å²) in [4.78, 5) is 17.7. The zero-order valence-corrected chi connectivity index (χ0v) is 18.2. The van der Waals surface area contributed by atoms with Crippen molar-refractivity contribution in [3.63, 3.8) is 0 Å². The topological polar surface area (TPSA) is 75.1 Å². The van der Waals surface area contributed by atoms with Gasteiger partial charge >= 0.3 is 6.03 Å². The molecule has 7 nitrogen and oxygen atoms in total. The van der Waals surface area contributed by atoms with Gasteiger partial charge in [-0.2, -0.15) is 5.10 Å². The zero-order valence-electron chi connectivity index (χ0n) is 18.2. The standard InChI is InChI=1S/C24H30N6O/c1-3-19(4-2)23(30-17-25-16-27-30)20-7-11-22(12-8-20)28-21-9-5-18(6-10-21)15-29-14-13-26-24(29)31/h5-12,16-17,19,23,28H,3-4,13-15H2,1-2H3,(H,26,31). The largest absolute Gasteiger partial charge is 0.356 e. The number of hydrogen-bond acceptors (Lipinski definition) is 4. The molecule has 0 radical (unpaired) electrons. The molecule has 0 saturated carbocycles. The third-order valence-electron chi connectivity index (χ3n) is 6.03. The first-order valence-corrected chi connectivity index (χ1v) is 11.0. The molecule has 2 heterocycles. The summed E-state index contributed by atoms with van der Waals surface area (Å²) in [7, 11) is 0. The minimum atomic E-state index is 0.0138. The smallest absolute Gasteiger partial charge is 0.317 e. The number of hydrogen-bond donors (Lipinski definition) is 2. The van der Waals surface area contributed by atoms with Gasteiger partial charge in [0.15, 0.2) is 0 Å². The van der Waals surface area contributed by atoms with Crippen LogP contribution in [0.15, 0.2) is 61.2 Å². The second-order valence-corrected chi connectivity index (χ2v) is 7.99. The molecule has 1 atom stereocenters. The fraction of sp³-hybridized carbons (Fsp3) is 0.375. The molecule has 2 N–H and O–H groups in total. The van der Waals surface area contributed by atoms with Gasteiger partial charge in [0.1, 0.15) is 12.7 Å². The Balaban J connectivity index is 1.43. The SMILES string of the molecule is CCC(CC)C(c1ccc(Nc2ccc(CN3CCNC3=O)cc2)cc1)n1cncn1. The fourth-order valence-corrected chi connectivity index (χ4v) is 4.24. The van der Waals surface area contributed by atoms with Crippen LogP contribution in [0.3, 0.4) is 0 Å². The van der Waals surface area contributed by atoms with Gasteiger partial charge in [-0.25, -0.2) is 14.5 Å². The van der Waals surface area contributed by atoms with Gasteiger partial charge in [0.2, 0.25) is 0 Å². The summed E-state index contributed by atoms with van der Waals surface area (Å²) in [6.45, 7) is 6.59. The number of nitrogens with zero attached hydrogens (tertiary/aromatic N) is 4. The first kappa shape index (κ1) is 20.9. The van der Waals surface area contributed by atoms with Crippen LogP contribution in [-0.4, -0.2) is 38.8 Å². The van der Waals surface area contributed by atoms with Gasteiger partial charge in [-0.1, -0.05) is 51.0 Å². The van der Waals surface area contributed by atoms with Crippen LogP contribution in [0.25, 0.3) is 0 Å². The highest BCUT2D eigenvalue weighted by Gasteiger charge is 2.23. The molecule has 0 spiro atoms. The Kier molecular flexibility index (Phi) is 6.50. The molecule has 4 rings (SSSR count). The van der Waals surface area contributed by atoms with E-state index in [1.165, 1.54) is 5.56 Å². The van der Waals surface area contributed by atoms with Crippen LogP contribution in [-0.2, 0) is 6.54 Å². The molecule has 31 heavy (non-hydrogen) atoms. The van der Waals surface area contributed by atoms with E-state index in [0.29, 0.717) is 12.5 Å². The van der Waals surface area contributed by atoms with Crippen LogP contribution in [0.4, 0.5) is 16.2 Å². The molecule has 1 aliphatic heterocycles. The van der Waals surface area contributed by atoms with E-state index in [1.807, 2.05) is 15.9 Å². The summed E-state index contributed by atoms with van der Waals surface area (Å²) in [6.07, 6.45) is 5.59. The van der Waals surface area contributed by atoms with Crippen molar-refractivity contribution < 1.29 is 4.79 Å². The van der Waals surface area contributed by atoms with Crippen LogP contribution in [0.1, 0.15) is 43.9 Å². The Morgan fingerprint density at radius 1 is 1.03 bits per heavy atom. The van der Waals surface area contributed by atoms with Crippen LogP contribution < -0.4 is 10.6 Å². The highest BCUT2D eigenvalue weighted by Crippen LogP contribution is 2.31. The van der Waals surface area contributed by atoms with Gasteiger partial charge in [0.25, 0.3) is 0 Å². The fourth-order valence-electron chi connectivity index (χ4n) is 4.24. The molecule has 0 aliphatic carbocycles. The third kappa shape index (κ3) is 4.87. The Hall–Kier alpha value is -3.35. The predicted octanol–water partition coefficient (Wildman–Crippen LogP) is 4.57. The highest BCUT2D eigenvalue weighted by atomic mass is 16.2. The molecule has 1 fully saturated rings. The first-order valence-electron chi connectivity index (χ1n) is 11.0. The average Bonchev–Trinajstić information content (AvgIpc) is 3.46. The van der Waals surface area contributed by atoms with Gasteiger partial charge in [-0.05, 0) is 41.3 Å². The molecule has 0 bridgehead atoms. The molecule has 7 heteroatoms.